The number of H-pyrrole nitrogens is 1. The Balaban J connectivity index is 1.56. The molecule has 1 heterocycles. The zero-order chi connectivity index (χ0) is 19.2. The Labute approximate surface area is 158 Å². The minimum Gasteiger partial charge on any atom is -0.497 e. The highest BCUT2D eigenvalue weighted by Crippen LogP contribution is 2.19. The van der Waals surface area contributed by atoms with Crippen LogP contribution >= 0.6 is 0 Å². The minimum atomic E-state index is -0.0777. The van der Waals surface area contributed by atoms with Gasteiger partial charge in [0, 0.05) is 42.8 Å². The van der Waals surface area contributed by atoms with E-state index in [4.69, 9.17) is 4.74 Å². The number of aromatic nitrogens is 1. The molecule has 6 heteroatoms. The molecule has 3 aromatic rings. The summed E-state index contributed by atoms with van der Waals surface area (Å²) >= 11 is 0. The maximum atomic E-state index is 12.3. The normalized spacial score (nSPS) is 10.6. The molecular formula is C21H23N3O3. The molecule has 0 unspecified atom stereocenters. The maximum Gasteiger partial charge on any atom is 0.224 e. The average Bonchev–Trinajstić information content (AvgIpc) is 3.08. The molecule has 0 saturated heterocycles. The minimum absolute atomic E-state index is 0.0713. The standard InChI is InChI=1S/C21H23N3O3/c1-15(25)24(17-7-9-18(27-2)10-8-17)12-11-22-21(26)13-16-14-23-20-6-4-3-5-19(16)20/h3-10,14,23H,11-13H2,1-2H3,(H,22,26). The molecule has 2 amide bonds. The van der Waals surface area contributed by atoms with Crippen molar-refractivity contribution in [1.82, 2.24) is 10.3 Å². The van der Waals surface area contributed by atoms with Crippen LogP contribution in [0.4, 0.5) is 5.69 Å². The van der Waals surface area contributed by atoms with Gasteiger partial charge in [0.15, 0.2) is 0 Å². The Bertz CT molecular complexity index is 931. The number of carbonyl (C=O) groups is 2. The molecule has 0 atom stereocenters. The fourth-order valence-electron chi connectivity index (χ4n) is 3.05. The number of anilines is 1. The van der Waals surface area contributed by atoms with Gasteiger partial charge in [-0.1, -0.05) is 18.2 Å². The van der Waals surface area contributed by atoms with E-state index in [1.807, 2.05) is 42.6 Å². The van der Waals surface area contributed by atoms with Crippen molar-refractivity contribution in [2.24, 2.45) is 0 Å². The molecule has 1 aromatic heterocycles. The summed E-state index contributed by atoms with van der Waals surface area (Å²) < 4.78 is 5.14. The number of hydrogen-bond acceptors (Lipinski definition) is 3. The molecule has 0 aliphatic heterocycles. The topological polar surface area (TPSA) is 74.4 Å². The summed E-state index contributed by atoms with van der Waals surface area (Å²) in [5, 5.41) is 3.94. The van der Waals surface area contributed by atoms with Gasteiger partial charge < -0.3 is 19.9 Å². The molecule has 6 nitrogen and oxygen atoms in total. The molecular weight excluding hydrogens is 342 g/mol. The van der Waals surface area contributed by atoms with E-state index in [1.54, 1.807) is 24.1 Å². The van der Waals surface area contributed by atoms with Gasteiger partial charge >= 0.3 is 0 Å². The van der Waals surface area contributed by atoms with E-state index < -0.39 is 0 Å². The average molecular weight is 365 g/mol. The van der Waals surface area contributed by atoms with Gasteiger partial charge in [-0.2, -0.15) is 0 Å². The van der Waals surface area contributed by atoms with Crippen LogP contribution < -0.4 is 15.0 Å². The summed E-state index contributed by atoms with van der Waals surface area (Å²) in [6.45, 7) is 2.30. The second-order valence-electron chi connectivity index (χ2n) is 6.25. The van der Waals surface area contributed by atoms with Gasteiger partial charge in [0.2, 0.25) is 11.8 Å². The van der Waals surface area contributed by atoms with Crippen molar-refractivity contribution in [3.05, 3.63) is 60.3 Å². The maximum absolute atomic E-state index is 12.3. The second-order valence-corrected chi connectivity index (χ2v) is 6.25. The lowest BCUT2D eigenvalue weighted by Crippen LogP contribution is -2.38. The van der Waals surface area contributed by atoms with Crippen LogP contribution in [0.1, 0.15) is 12.5 Å². The number of hydrogen-bond donors (Lipinski definition) is 2. The van der Waals surface area contributed by atoms with Crippen LogP contribution in [0.25, 0.3) is 10.9 Å². The number of para-hydroxylation sites is 1. The lowest BCUT2D eigenvalue weighted by molar-refractivity contribution is -0.121. The van der Waals surface area contributed by atoms with Crippen molar-refractivity contribution < 1.29 is 14.3 Å². The molecule has 0 bridgehead atoms. The molecule has 27 heavy (non-hydrogen) atoms. The predicted octanol–water partition coefficient (Wildman–Crippen LogP) is 2.89. The number of ether oxygens (including phenoxy) is 1. The monoisotopic (exact) mass is 365 g/mol. The summed E-state index contributed by atoms with van der Waals surface area (Å²) in [6.07, 6.45) is 2.16. The quantitative estimate of drug-likeness (QED) is 0.676. The van der Waals surface area contributed by atoms with Crippen LogP contribution in [0.2, 0.25) is 0 Å². The van der Waals surface area contributed by atoms with Gasteiger partial charge in [-0.3, -0.25) is 9.59 Å². The van der Waals surface area contributed by atoms with Gasteiger partial charge in [-0.25, -0.2) is 0 Å². The summed E-state index contributed by atoms with van der Waals surface area (Å²) in [7, 11) is 1.60. The smallest absolute Gasteiger partial charge is 0.224 e. The van der Waals surface area contributed by atoms with Crippen LogP contribution in [0.5, 0.6) is 5.75 Å². The highest BCUT2D eigenvalue weighted by molar-refractivity contribution is 5.92. The Morgan fingerprint density at radius 2 is 1.85 bits per heavy atom. The van der Waals surface area contributed by atoms with Gasteiger partial charge in [-0.05, 0) is 35.9 Å². The van der Waals surface area contributed by atoms with Crippen LogP contribution in [-0.4, -0.2) is 37.0 Å². The number of aromatic amines is 1. The molecule has 0 spiro atoms. The van der Waals surface area contributed by atoms with Crippen molar-refractivity contribution in [3.63, 3.8) is 0 Å². The highest BCUT2D eigenvalue weighted by atomic mass is 16.5. The summed E-state index contributed by atoms with van der Waals surface area (Å²) in [4.78, 5) is 29.0. The van der Waals surface area contributed by atoms with Crippen LogP contribution in [0, 0.1) is 0 Å². The van der Waals surface area contributed by atoms with E-state index in [9.17, 15) is 9.59 Å². The Morgan fingerprint density at radius 3 is 2.56 bits per heavy atom. The number of methoxy groups -OCH3 is 1. The highest BCUT2D eigenvalue weighted by Gasteiger charge is 2.13. The number of rotatable bonds is 7. The number of nitrogens with zero attached hydrogens (tertiary/aromatic N) is 1. The van der Waals surface area contributed by atoms with Gasteiger partial charge in [0.1, 0.15) is 5.75 Å². The summed E-state index contributed by atoms with van der Waals surface area (Å²) in [5.41, 5.74) is 2.75. The third kappa shape index (κ3) is 4.47. The van der Waals surface area contributed by atoms with Crippen LogP contribution in [0.15, 0.2) is 54.7 Å². The Hall–Kier alpha value is -3.28. The van der Waals surface area contributed by atoms with E-state index in [-0.39, 0.29) is 11.8 Å². The number of fused-ring (bicyclic) bond motifs is 1. The van der Waals surface area contributed by atoms with Crippen molar-refractivity contribution >= 4 is 28.4 Å². The van der Waals surface area contributed by atoms with E-state index in [0.717, 1.165) is 27.9 Å². The molecule has 0 radical (unpaired) electrons. The lowest BCUT2D eigenvalue weighted by atomic mass is 10.1. The van der Waals surface area contributed by atoms with Crippen molar-refractivity contribution in [1.29, 1.82) is 0 Å². The molecule has 3 rings (SSSR count). The van der Waals surface area contributed by atoms with E-state index in [2.05, 4.69) is 10.3 Å². The molecule has 2 aromatic carbocycles. The SMILES string of the molecule is COc1ccc(N(CCNC(=O)Cc2c[nH]c3ccccc23)C(C)=O)cc1. The zero-order valence-electron chi connectivity index (χ0n) is 15.5. The van der Waals surface area contributed by atoms with Crippen molar-refractivity contribution in [3.8, 4) is 5.75 Å². The number of nitrogens with one attached hydrogen (secondary N) is 2. The Morgan fingerprint density at radius 1 is 1.11 bits per heavy atom. The first kappa shape index (κ1) is 18.5. The number of carbonyl (C=O) groups excluding carboxylic acids is 2. The lowest BCUT2D eigenvalue weighted by Gasteiger charge is -2.21. The van der Waals surface area contributed by atoms with Crippen LogP contribution in [0.3, 0.4) is 0 Å². The molecule has 0 aliphatic rings. The third-order valence-corrected chi connectivity index (χ3v) is 4.45. The first-order chi connectivity index (χ1) is 13.1. The molecule has 0 fully saturated rings. The summed E-state index contributed by atoms with van der Waals surface area (Å²) in [6, 6.07) is 15.2. The van der Waals surface area contributed by atoms with Gasteiger partial charge in [0.25, 0.3) is 0 Å². The molecule has 0 saturated carbocycles. The molecule has 140 valence electrons. The van der Waals surface area contributed by atoms with Crippen LogP contribution in [-0.2, 0) is 16.0 Å². The first-order valence-corrected chi connectivity index (χ1v) is 8.82. The Kier molecular flexibility index (Phi) is 5.76. The van der Waals surface area contributed by atoms with E-state index >= 15 is 0 Å². The predicted molar refractivity (Wildman–Crippen MR) is 106 cm³/mol. The first-order valence-electron chi connectivity index (χ1n) is 8.82. The number of benzene rings is 2. The van der Waals surface area contributed by atoms with E-state index in [0.29, 0.717) is 19.5 Å². The second kappa shape index (κ2) is 8.40. The zero-order valence-corrected chi connectivity index (χ0v) is 15.5. The third-order valence-electron chi connectivity index (χ3n) is 4.45. The van der Waals surface area contributed by atoms with Crippen molar-refractivity contribution in [2.75, 3.05) is 25.1 Å². The molecule has 0 aliphatic carbocycles. The van der Waals surface area contributed by atoms with E-state index in [1.165, 1.54) is 6.92 Å². The van der Waals surface area contributed by atoms with Gasteiger partial charge in [0.05, 0.1) is 13.5 Å². The fraction of sp³-hybridized carbons (Fsp3) is 0.238. The largest absolute Gasteiger partial charge is 0.497 e. The van der Waals surface area contributed by atoms with Gasteiger partial charge in [-0.15, -0.1) is 0 Å². The van der Waals surface area contributed by atoms with Crippen molar-refractivity contribution in [2.45, 2.75) is 13.3 Å². The fourth-order valence-corrected chi connectivity index (χ4v) is 3.05. The number of amides is 2. The summed E-state index contributed by atoms with van der Waals surface area (Å²) in [5.74, 6) is 0.582. The molecule has 2 N–H and O–H groups in total.